The summed E-state index contributed by atoms with van der Waals surface area (Å²) in [4.78, 5) is 4.20. The van der Waals surface area contributed by atoms with Crippen molar-refractivity contribution < 1.29 is 9.26 Å². The molecule has 0 unspecified atom stereocenters. The lowest BCUT2D eigenvalue weighted by molar-refractivity contribution is 0.245. The van der Waals surface area contributed by atoms with Crippen molar-refractivity contribution in [2.45, 2.75) is 25.2 Å². The quantitative estimate of drug-likeness (QED) is 0.757. The van der Waals surface area contributed by atoms with Gasteiger partial charge in [0.2, 0.25) is 0 Å². The highest BCUT2D eigenvalue weighted by Gasteiger charge is 2.33. The molecular formula is C9H15N3O2. The number of nitrogens with one attached hydrogen (secondary N) is 1. The van der Waals surface area contributed by atoms with Crippen LogP contribution in [0, 0.1) is 0 Å². The predicted octanol–water partition coefficient (Wildman–Crippen LogP) is 0.719. The van der Waals surface area contributed by atoms with Gasteiger partial charge in [-0.25, -0.2) is 0 Å². The molecule has 0 amide bonds. The predicted molar refractivity (Wildman–Crippen MR) is 50.3 cm³/mol. The summed E-state index contributed by atoms with van der Waals surface area (Å²) < 4.78 is 9.80. The summed E-state index contributed by atoms with van der Waals surface area (Å²) in [5, 5.41) is 7.26. The first kappa shape index (κ1) is 9.45. The first-order valence-electron chi connectivity index (χ1n) is 4.83. The second-order valence-corrected chi connectivity index (χ2v) is 3.90. The highest BCUT2D eigenvalue weighted by molar-refractivity contribution is 5.08. The molecule has 1 aliphatic rings. The van der Waals surface area contributed by atoms with E-state index in [0.717, 1.165) is 31.8 Å². The Morgan fingerprint density at radius 3 is 2.71 bits per heavy atom. The van der Waals surface area contributed by atoms with Gasteiger partial charge in [0.15, 0.2) is 5.82 Å². The summed E-state index contributed by atoms with van der Waals surface area (Å²) in [5.74, 6) is 0.760. The average molecular weight is 197 g/mol. The van der Waals surface area contributed by atoms with Crippen LogP contribution in [-0.4, -0.2) is 30.3 Å². The maximum atomic E-state index is 4.93. The lowest BCUT2D eigenvalue weighted by Crippen LogP contribution is -2.38. The third kappa shape index (κ3) is 1.59. The number of piperidine rings is 1. The monoisotopic (exact) mass is 197 g/mol. The fourth-order valence-electron chi connectivity index (χ4n) is 1.74. The molecule has 0 aliphatic carbocycles. The molecule has 1 aliphatic heterocycles. The lowest BCUT2D eigenvalue weighted by Gasteiger charge is -2.30. The van der Waals surface area contributed by atoms with Gasteiger partial charge in [0, 0.05) is 5.41 Å². The standard InChI is InChI=1S/C9H15N3O2/c1-9(3-5-10-6-4-9)7-11-8(13-2)14-12-7/h10H,3-6H2,1-2H3. The van der Waals surface area contributed by atoms with E-state index in [2.05, 4.69) is 22.4 Å². The molecule has 0 spiro atoms. The Balaban J connectivity index is 2.19. The van der Waals surface area contributed by atoms with Gasteiger partial charge in [-0.2, -0.15) is 4.98 Å². The van der Waals surface area contributed by atoms with E-state index in [4.69, 9.17) is 9.26 Å². The third-order valence-corrected chi connectivity index (χ3v) is 2.83. The van der Waals surface area contributed by atoms with E-state index < -0.39 is 0 Å². The Bertz CT molecular complexity index is 305. The molecule has 1 aromatic rings. The molecule has 5 heteroatoms. The first-order chi connectivity index (χ1) is 6.74. The summed E-state index contributed by atoms with van der Waals surface area (Å²) in [6, 6.07) is 0. The van der Waals surface area contributed by atoms with Crippen molar-refractivity contribution in [3.63, 3.8) is 0 Å². The van der Waals surface area contributed by atoms with Crippen LogP contribution in [0.2, 0.25) is 0 Å². The Hall–Kier alpha value is -1.10. The van der Waals surface area contributed by atoms with Gasteiger partial charge < -0.3 is 10.1 Å². The molecule has 14 heavy (non-hydrogen) atoms. The summed E-state index contributed by atoms with van der Waals surface area (Å²) in [5.41, 5.74) is 0.0333. The summed E-state index contributed by atoms with van der Waals surface area (Å²) in [6.45, 7) is 4.18. The molecule has 5 nitrogen and oxygen atoms in total. The van der Waals surface area contributed by atoms with Crippen LogP contribution in [0.1, 0.15) is 25.6 Å². The van der Waals surface area contributed by atoms with Crippen LogP contribution in [0.5, 0.6) is 6.08 Å². The van der Waals surface area contributed by atoms with Crippen LogP contribution in [-0.2, 0) is 5.41 Å². The number of hydrogen-bond donors (Lipinski definition) is 1. The van der Waals surface area contributed by atoms with E-state index >= 15 is 0 Å². The topological polar surface area (TPSA) is 60.2 Å². The van der Waals surface area contributed by atoms with Gasteiger partial charge in [0.05, 0.1) is 7.11 Å². The third-order valence-electron chi connectivity index (χ3n) is 2.83. The molecule has 0 radical (unpaired) electrons. The molecular weight excluding hydrogens is 182 g/mol. The maximum absolute atomic E-state index is 4.93. The second-order valence-electron chi connectivity index (χ2n) is 3.90. The minimum atomic E-state index is 0.0333. The molecule has 1 aromatic heterocycles. The molecule has 2 heterocycles. The van der Waals surface area contributed by atoms with Crippen LogP contribution >= 0.6 is 0 Å². The highest BCUT2D eigenvalue weighted by Crippen LogP contribution is 2.31. The Morgan fingerprint density at radius 1 is 1.43 bits per heavy atom. The molecule has 2 rings (SSSR count). The van der Waals surface area contributed by atoms with Crippen molar-refractivity contribution >= 4 is 0 Å². The Kier molecular flexibility index (Phi) is 2.41. The SMILES string of the molecule is COc1nc(C2(C)CCNCC2)no1. The van der Waals surface area contributed by atoms with E-state index in [0.29, 0.717) is 0 Å². The average Bonchev–Trinajstić information content (AvgIpc) is 2.67. The van der Waals surface area contributed by atoms with Gasteiger partial charge in [0.1, 0.15) is 0 Å². The van der Waals surface area contributed by atoms with Crippen molar-refractivity contribution in [2.24, 2.45) is 0 Å². The molecule has 78 valence electrons. The van der Waals surface area contributed by atoms with Crippen LogP contribution in [0.15, 0.2) is 4.52 Å². The number of nitrogens with zero attached hydrogens (tertiary/aromatic N) is 2. The van der Waals surface area contributed by atoms with Crippen LogP contribution in [0.4, 0.5) is 0 Å². The largest absolute Gasteiger partial charge is 0.452 e. The fraction of sp³-hybridized carbons (Fsp3) is 0.778. The van der Waals surface area contributed by atoms with Crippen molar-refractivity contribution in [1.29, 1.82) is 0 Å². The zero-order chi connectivity index (χ0) is 10.0. The first-order valence-corrected chi connectivity index (χ1v) is 4.83. The number of hydrogen-bond acceptors (Lipinski definition) is 5. The fourth-order valence-corrected chi connectivity index (χ4v) is 1.74. The van der Waals surface area contributed by atoms with Crippen molar-refractivity contribution in [3.8, 4) is 6.08 Å². The Labute approximate surface area is 82.8 Å². The van der Waals surface area contributed by atoms with Crippen molar-refractivity contribution in [2.75, 3.05) is 20.2 Å². The normalized spacial score (nSPS) is 20.7. The van der Waals surface area contributed by atoms with E-state index in [1.807, 2.05) is 0 Å². The zero-order valence-corrected chi connectivity index (χ0v) is 8.54. The van der Waals surface area contributed by atoms with E-state index in [1.54, 1.807) is 0 Å². The molecule has 0 saturated carbocycles. The van der Waals surface area contributed by atoms with E-state index in [1.165, 1.54) is 7.11 Å². The zero-order valence-electron chi connectivity index (χ0n) is 8.54. The smallest absolute Gasteiger partial charge is 0.417 e. The van der Waals surface area contributed by atoms with E-state index in [9.17, 15) is 0 Å². The lowest BCUT2D eigenvalue weighted by atomic mass is 9.80. The molecule has 1 N–H and O–H groups in total. The van der Waals surface area contributed by atoms with Gasteiger partial charge in [-0.1, -0.05) is 12.1 Å². The van der Waals surface area contributed by atoms with Crippen molar-refractivity contribution in [3.05, 3.63) is 5.82 Å². The van der Waals surface area contributed by atoms with Crippen molar-refractivity contribution in [1.82, 2.24) is 15.5 Å². The minimum absolute atomic E-state index is 0.0333. The van der Waals surface area contributed by atoms with Gasteiger partial charge in [0.25, 0.3) is 0 Å². The maximum Gasteiger partial charge on any atom is 0.417 e. The van der Waals surface area contributed by atoms with E-state index in [-0.39, 0.29) is 11.5 Å². The highest BCUT2D eigenvalue weighted by atomic mass is 16.6. The summed E-state index contributed by atoms with van der Waals surface area (Å²) in [7, 11) is 1.53. The van der Waals surface area contributed by atoms with Gasteiger partial charge >= 0.3 is 6.08 Å². The van der Waals surface area contributed by atoms with Crippen LogP contribution in [0.25, 0.3) is 0 Å². The van der Waals surface area contributed by atoms with Crippen LogP contribution in [0.3, 0.4) is 0 Å². The summed E-state index contributed by atoms with van der Waals surface area (Å²) >= 11 is 0. The molecule has 0 aromatic carbocycles. The van der Waals surface area contributed by atoms with Gasteiger partial charge in [-0.05, 0) is 25.9 Å². The van der Waals surface area contributed by atoms with Gasteiger partial charge in [-0.15, -0.1) is 0 Å². The molecule has 1 saturated heterocycles. The number of ether oxygens (including phenoxy) is 1. The molecule has 0 atom stereocenters. The van der Waals surface area contributed by atoms with Crippen LogP contribution < -0.4 is 10.1 Å². The number of aromatic nitrogens is 2. The Morgan fingerprint density at radius 2 is 2.14 bits per heavy atom. The number of methoxy groups -OCH3 is 1. The number of rotatable bonds is 2. The summed E-state index contributed by atoms with van der Waals surface area (Å²) in [6.07, 6.45) is 2.32. The second kappa shape index (κ2) is 3.57. The minimum Gasteiger partial charge on any atom is -0.452 e. The molecule has 0 bridgehead atoms. The van der Waals surface area contributed by atoms with Gasteiger partial charge in [-0.3, -0.25) is 4.52 Å². The molecule has 1 fully saturated rings.